The number of fused-ring (bicyclic) bond motifs is 1. The maximum absolute atomic E-state index is 12.1. The third-order valence-electron chi connectivity index (χ3n) is 3.66. The standard InChI is InChI=1S/C17H21NO3/c1-3-10-18-16(19)12(2)21-17(20)15-9-8-13-6-4-5-7-14(13)11-15/h3,8-9,11-12H,1,4-7,10H2,2H3,(H,18,19)/t12-/m0/s1. The molecule has 1 aliphatic carbocycles. The van der Waals surface area contributed by atoms with Crippen molar-refractivity contribution in [1.82, 2.24) is 5.32 Å². The number of amides is 1. The van der Waals surface area contributed by atoms with Gasteiger partial charge in [0.2, 0.25) is 0 Å². The third kappa shape index (κ3) is 3.94. The number of ether oxygens (including phenoxy) is 1. The zero-order valence-corrected chi connectivity index (χ0v) is 12.4. The fourth-order valence-electron chi connectivity index (χ4n) is 2.46. The van der Waals surface area contributed by atoms with E-state index in [0.717, 1.165) is 19.3 Å². The van der Waals surface area contributed by atoms with E-state index in [0.29, 0.717) is 12.1 Å². The highest BCUT2D eigenvalue weighted by Gasteiger charge is 2.19. The molecule has 1 aromatic rings. The Morgan fingerprint density at radius 3 is 2.76 bits per heavy atom. The quantitative estimate of drug-likeness (QED) is 0.668. The van der Waals surface area contributed by atoms with E-state index in [1.165, 1.54) is 17.5 Å². The van der Waals surface area contributed by atoms with Crippen molar-refractivity contribution >= 4 is 11.9 Å². The summed E-state index contributed by atoms with van der Waals surface area (Å²) < 4.78 is 5.20. The van der Waals surface area contributed by atoms with Crippen LogP contribution in [0.25, 0.3) is 0 Å². The molecule has 0 aromatic heterocycles. The average molecular weight is 287 g/mol. The number of rotatable bonds is 5. The minimum Gasteiger partial charge on any atom is -0.449 e. The van der Waals surface area contributed by atoms with Crippen LogP contribution in [0.5, 0.6) is 0 Å². The van der Waals surface area contributed by atoms with E-state index in [2.05, 4.69) is 11.9 Å². The Bertz CT molecular complexity index is 551. The van der Waals surface area contributed by atoms with Crippen LogP contribution in [0.3, 0.4) is 0 Å². The number of esters is 1. The summed E-state index contributed by atoms with van der Waals surface area (Å²) >= 11 is 0. The highest BCUT2D eigenvalue weighted by Crippen LogP contribution is 2.22. The van der Waals surface area contributed by atoms with Crippen molar-refractivity contribution in [3.8, 4) is 0 Å². The first kappa shape index (κ1) is 15.3. The zero-order valence-electron chi connectivity index (χ0n) is 12.4. The van der Waals surface area contributed by atoms with Crippen LogP contribution in [0.4, 0.5) is 0 Å². The van der Waals surface area contributed by atoms with Gasteiger partial charge in [-0.15, -0.1) is 6.58 Å². The predicted octanol–water partition coefficient (Wildman–Crippen LogP) is 2.41. The highest BCUT2D eigenvalue weighted by molar-refractivity contribution is 5.92. The van der Waals surface area contributed by atoms with Gasteiger partial charge in [0.05, 0.1) is 5.56 Å². The molecule has 21 heavy (non-hydrogen) atoms. The Morgan fingerprint density at radius 1 is 1.33 bits per heavy atom. The summed E-state index contributed by atoms with van der Waals surface area (Å²) in [5, 5.41) is 2.60. The molecule has 1 aliphatic rings. The first-order chi connectivity index (χ1) is 10.1. The maximum Gasteiger partial charge on any atom is 0.338 e. The number of aryl methyl sites for hydroxylation is 2. The molecule has 1 amide bonds. The number of benzene rings is 1. The van der Waals surface area contributed by atoms with Gasteiger partial charge in [0.25, 0.3) is 5.91 Å². The summed E-state index contributed by atoms with van der Waals surface area (Å²) in [4.78, 5) is 23.8. The van der Waals surface area contributed by atoms with Gasteiger partial charge in [-0.2, -0.15) is 0 Å². The summed E-state index contributed by atoms with van der Waals surface area (Å²) in [7, 11) is 0. The summed E-state index contributed by atoms with van der Waals surface area (Å²) in [6.45, 7) is 5.44. The molecule has 0 saturated heterocycles. The number of nitrogens with one attached hydrogen (secondary N) is 1. The Labute approximate surface area is 125 Å². The maximum atomic E-state index is 12.1. The molecule has 0 unspecified atom stereocenters. The first-order valence-electron chi connectivity index (χ1n) is 7.33. The van der Waals surface area contributed by atoms with Gasteiger partial charge in [0.15, 0.2) is 6.10 Å². The van der Waals surface area contributed by atoms with Crippen molar-refractivity contribution in [1.29, 1.82) is 0 Å². The van der Waals surface area contributed by atoms with E-state index < -0.39 is 12.1 Å². The number of hydrogen-bond donors (Lipinski definition) is 1. The SMILES string of the molecule is C=CCNC(=O)[C@H](C)OC(=O)c1ccc2c(c1)CCCC2. The molecule has 0 bridgehead atoms. The van der Waals surface area contributed by atoms with Crippen LogP contribution in [0.2, 0.25) is 0 Å². The Hall–Kier alpha value is -2.10. The monoisotopic (exact) mass is 287 g/mol. The van der Waals surface area contributed by atoms with Crippen LogP contribution in [-0.4, -0.2) is 24.5 Å². The Kier molecular flexibility index (Phi) is 5.14. The fraction of sp³-hybridized carbons (Fsp3) is 0.412. The van der Waals surface area contributed by atoms with Crippen LogP contribution in [0.1, 0.15) is 41.3 Å². The summed E-state index contributed by atoms with van der Waals surface area (Å²) in [5.41, 5.74) is 3.05. The number of hydrogen-bond acceptors (Lipinski definition) is 3. The molecule has 1 atom stereocenters. The zero-order chi connectivity index (χ0) is 15.2. The predicted molar refractivity (Wildman–Crippen MR) is 81.2 cm³/mol. The lowest BCUT2D eigenvalue weighted by Gasteiger charge is -2.17. The molecular weight excluding hydrogens is 266 g/mol. The molecule has 0 radical (unpaired) electrons. The van der Waals surface area contributed by atoms with Crippen molar-refractivity contribution in [3.05, 3.63) is 47.5 Å². The first-order valence-corrected chi connectivity index (χ1v) is 7.33. The lowest BCUT2D eigenvalue weighted by Crippen LogP contribution is -2.35. The minimum atomic E-state index is -0.812. The average Bonchev–Trinajstić information content (AvgIpc) is 2.51. The molecule has 0 saturated carbocycles. The largest absolute Gasteiger partial charge is 0.449 e. The smallest absolute Gasteiger partial charge is 0.338 e. The van der Waals surface area contributed by atoms with Crippen LogP contribution >= 0.6 is 0 Å². The van der Waals surface area contributed by atoms with E-state index in [1.54, 1.807) is 19.1 Å². The van der Waals surface area contributed by atoms with Gasteiger partial charge >= 0.3 is 5.97 Å². The van der Waals surface area contributed by atoms with Crippen LogP contribution in [0.15, 0.2) is 30.9 Å². The van der Waals surface area contributed by atoms with E-state index >= 15 is 0 Å². The Morgan fingerprint density at radius 2 is 2.05 bits per heavy atom. The molecule has 0 fully saturated rings. The van der Waals surface area contributed by atoms with Crippen molar-refractivity contribution in [2.24, 2.45) is 0 Å². The van der Waals surface area contributed by atoms with Gasteiger partial charge in [-0.3, -0.25) is 4.79 Å². The highest BCUT2D eigenvalue weighted by atomic mass is 16.5. The van der Waals surface area contributed by atoms with E-state index in [4.69, 9.17) is 4.74 Å². The van der Waals surface area contributed by atoms with Crippen molar-refractivity contribution in [2.45, 2.75) is 38.7 Å². The summed E-state index contributed by atoms with van der Waals surface area (Å²) in [5.74, 6) is -0.772. The van der Waals surface area contributed by atoms with Gasteiger partial charge in [0, 0.05) is 6.54 Å². The molecule has 0 aliphatic heterocycles. The third-order valence-corrected chi connectivity index (χ3v) is 3.66. The van der Waals surface area contributed by atoms with Crippen LogP contribution in [-0.2, 0) is 22.4 Å². The molecule has 1 N–H and O–H groups in total. The second-order valence-electron chi connectivity index (χ2n) is 5.27. The fourth-order valence-corrected chi connectivity index (χ4v) is 2.46. The topological polar surface area (TPSA) is 55.4 Å². The van der Waals surface area contributed by atoms with Gasteiger partial charge < -0.3 is 10.1 Å². The second kappa shape index (κ2) is 7.07. The normalized spacial score (nSPS) is 14.7. The summed E-state index contributed by atoms with van der Waals surface area (Å²) in [6, 6.07) is 5.67. The lowest BCUT2D eigenvalue weighted by atomic mass is 9.90. The van der Waals surface area contributed by atoms with Crippen molar-refractivity contribution in [3.63, 3.8) is 0 Å². The lowest BCUT2D eigenvalue weighted by molar-refractivity contribution is -0.128. The van der Waals surface area contributed by atoms with E-state index in [9.17, 15) is 9.59 Å². The van der Waals surface area contributed by atoms with Crippen LogP contribution in [0, 0.1) is 0 Å². The molecule has 1 aromatic carbocycles. The van der Waals surface area contributed by atoms with Crippen molar-refractivity contribution in [2.75, 3.05) is 6.54 Å². The molecular formula is C17H21NO3. The number of carbonyl (C=O) groups is 2. The van der Waals surface area contributed by atoms with Gasteiger partial charge in [0.1, 0.15) is 0 Å². The number of carbonyl (C=O) groups excluding carboxylic acids is 2. The molecule has 112 valence electrons. The summed E-state index contributed by atoms with van der Waals surface area (Å²) in [6.07, 6.45) is 5.21. The molecule has 0 heterocycles. The molecule has 4 nitrogen and oxygen atoms in total. The molecule has 0 spiro atoms. The van der Waals surface area contributed by atoms with Gasteiger partial charge in [-0.1, -0.05) is 12.1 Å². The Balaban J connectivity index is 1.99. The van der Waals surface area contributed by atoms with Crippen molar-refractivity contribution < 1.29 is 14.3 Å². The van der Waals surface area contributed by atoms with Gasteiger partial charge in [-0.25, -0.2) is 4.79 Å². The second-order valence-corrected chi connectivity index (χ2v) is 5.27. The minimum absolute atomic E-state index is 0.318. The van der Waals surface area contributed by atoms with Gasteiger partial charge in [-0.05, 0) is 55.9 Å². The van der Waals surface area contributed by atoms with E-state index in [1.807, 2.05) is 12.1 Å². The van der Waals surface area contributed by atoms with Crippen LogP contribution < -0.4 is 5.32 Å². The molecule has 2 rings (SSSR count). The van der Waals surface area contributed by atoms with E-state index in [-0.39, 0.29) is 5.91 Å². The molecule has 4 heteroatoms.